The Kier molecular flexibility index (Phi) is 35.4. The van der Waals surface area contributed by atoms with Gasteiger partial charge in [-0.2, -0.15) is 0 Å². The van der Waals surface area contributed by atoms with Crippen molar-refractivity contribution >= 4 is 19.8 Å². The number of hydrogen-bond donors (Lipinski definition) is 2. The predicted molar refractivity (Wildman–Crippen MR) is 210 cm³/mol. The van der Waals surface area contributed by atoms with Gasteiger partial charge in [0.1, 0.15) is 6.61 Å². The van der Waals surface area contributed by atoms with Crippen LogP contribution in [0.25, 0.3) is 0 Å². The van der Waals surface area contributed by atoms with Crippen LogP contribution >= 0.6 is 7.82 Å². The van der Waals surface area contributed by atoms with Crippen LogP contribution in [-0.2, 0) is 32.7 Å². The summed E-state index contributed by atoms with van der Waals surface area (Å²) in [6.07, 6.45) is 43.7. The van der Waals surface area contributed by atoms with Crippen LogP contribution in [0, 0.1) is 0 Å². The topological polar surface area (TPSA) is 134 Å². The molecule has 0 rings (SSSR count). The van der Waals surface area contributed by atoms with Crippen LogP contribution in [0.3, 0.4) is 0 Å². The highest BCUT2D eigenvalue weighted by Gasteiger charge is 2.25. The lowest BCUT2D eigenvalue weighted by Crippen LogP contribution is -2.29. The fourth-order valence-corrected chi connectivity index (χ4v) is 5.49. The van der Waals surface area contributed by atoms with E-state index in [4.69, 9.17) is 24.3 Å². The van der Waals surface area contributed by atoms with Crippen molar-refractivity contribution < 1.29 is 37.6 Å². The largest absolute Gasteiger partial charge is 0.472 e. The molecule has 0 aliphatic rings. The molecule has 0 aliphatic heterocycles. The smallest absolute Gasteiger partial charge is 0.462 e. The quantitative estimate of drug-likeness (QED) is 0.0282. The number of ether oxygens (including phenoxy) is 2. The van der Waals surface area contributed by atoms with Gasteiger partial charge in [-0.1, -0.05) is 125 Å². The van der Waals surface area contributed by atoms with Crippen molar-refractivity contribution in [2.24, 2.45) is 5.73 Å². The van der Waals surface area contributed by atoms with E-state index >= 15 is 0 Å². The Balaban J connectivity index is 4.36. The van der Waals surface area contributed by atoms with Gasteiger partial charge in [-0.05, 0) is 77.0 Å². The Labute approximate surface area is 310 Å². The molecule has 0 fully saturated rings. The molecule has 0 heterocycles. The Bertz CT molecular complexity index is 1070. The van der Waals surface area contributed by atoms with Gasteiger partial charge in [-0.15, -0.1) is 0 Å². The molecule has 0 aromatic rings. The number of unbranched alkanes of at least 4 members (excludes halogenated alkanes) is 10. The zero-order valence-electron chi connectivity index (χ0n) is 31.8. The van der Waals surface area contributed by atoms with Crippen LogP contribution < -0.4 is 5.73 Å². The van der Waals surface area contributed by atoms with E-state index in [1.807, 2.05) is 6.08 Å². The molecular formula is C41H70NO8P. The monoisotopic (exact) mass is 735 g/mol. The minimum Gasteiger partial charge on any atom is -0.462 e. The molecule has 9 nitrogen and oxygen atoms in total. The summed E-state index contributed by atoms with van der Waals surface area (Å²) >= 11 is 0. The lowest BCUT2D eigenvalue weighted by molar-refractivity contribution is -0.161. The van der Waals surface area contributed by atoms with Crippen molar-refractivity contribution in [1.82, 2.24) is 0 Å². The number of nitrogens with two attached hydrogens (primary N) is 1. The fourth-order valence-electron chi connectivity index (χ4n) is 4.72. The molecule has 3 N–H and O–H groups in total. The lowest BCUT2D eigenvalue weighted by Gasteiger charge is -2.19. The van der Waals surface area contributed by atoms with E-state index in [9.17, 15) is 19.0 Å². The third-order valence-electron chi connectivity index (χ3n) is 7.58. The van der Waals surface area contributed by atoms with Gasteiger partial charge >= 0.3 is 19.8 Å². The van der Waals surface area contributed by atoms with Crippen molar-refractivity contribution in [2.45, 2.75) is 148 Å². The van der Waals surface area contributed by atoms with E-state index < -0.39 is 32.5 Å². The van der Waals surface area contributed by atoms with Crippen molar-refractivity contribution in [3.63, 3.8) is 0 Å². The summed E-state index contributed by atoms with van der Waals surface area (Å²) in [4.78, 5) is 34.7. The van der Waals surface area contributed by atoms with E-state index in [2.05, 4.69) is 80.7 Å². The Hall–Kier alpha value is -2.55. The summed E-state index contributed by atoms with van der Waals surface area (Å²) in [5, 5.41) is 0. The molecule has 0 aromatic heterocycles. The minimum atomic E-state index is -4.39. The van der Waals surface area contributed by atoms with Crippen molar-refractivity contribution in [3.05, 3.63) is 72.9 Å². The third-order valence-corrected chi connectivity index (χ3v) is 8.56. The number of phosphoric ester groups is 1. The van der Waals surface area contributed by atoms with Gasteiger partial charge in [0.25, 0.3) is 0 Å². The van der Waals surface area contributed by atoms with E-state index in [0.29, 0.717) is 19.3 Å². The third kappa shape index (κ3) is 37.0. The van der Waals surface area contributed by atoms with E-state index in [1.54, 1.807) is 0 Å². The number of carbonyl (C=O) groups excluding carboxylic acids is 2. The maximum absolute atomic E-state index is 12.5. The van der Waals surface area contributed by atoms with E-state index in [0.717, 1.165) is 64.2 Å². The van der Waals surface area contributed by atoms with Gasteiger partial charge in [-0.25, -0.2) is 4.57 Å². The molecule has 0 amide bonds. The summed E-state index contributed by atoms with van der Waals surface area (Å²) in [5.41, 5.74) is 5.33. The molecule has 0 saturated heterocycles. The molecule has 51 heavy (non-hydrogen) atoms. The average molecular weight is 736 g/mol. The molecular weight excluding hydrogens is 665 g/mol. The molecule has 10 heteroatoms. The number of hydrogen-bond acceptors (Lipinski definition) is 8. The summed E-state index contributed by atoms with van der Waals surface area (Å²) < 4.78 is 32.6. The maximum Gasteiger partial charge on any atom is 0.472 e. The summed E-state index contributed by atoms with van der Waals surface area (Å²) in [6, 6.07) is 0. The zero-order valence-corrected chi connectivity index (χ0v) is 32.7. The normalized spacial score (nSPS) is 14.2. The standard InChI is InChI=1S/C41H70NO8P/c1-3-5-7-9-11-13-15-17-18-19-20-22-24-26-28-30-32-34-41(44)50-39(38-49-51(45,46)48-36-35-42)37-47-40(43)33-31-29-27-25-23-21-16-14-12-10-8-6-4-2/h5,7,11,13-14,16-18,20,22,26,28,39H,3-4,6,8-10,12,15,19,21,23-25,27,29-38,42H2,1-2H3,(H,45,46)/b7-5-,13-11-,16-14-,18-17-,22-20-,28-26-. The molecule has 0 aliphatic carbocycles. The van der Waals surface area contributed by atoms with Crippen molar-refractivity contribution in [1.29, 1.82) is 0 Å². The summed E-state index contributed by atoms with van der Waals surface area (Å²) in [7, 11) is -4.39. The van der Waals surface area contributed by atoms with Crippen LogP contribution in [-0.4, -0.2) is 49.3 Å². The molecule has 0 spiro atoms. The number of esters is 2. The first-order chi connectivity index (χ1) is 24.8. The van der Waals surface area contributed by atoms with Gasteiger partial charge in [0.15, 0.2) is 6.10 Å². The predicted octanol–water partition coefficient (Wildman–Crippen LogP) is 10.7. The second-order valence-corrected chi connectivity index (χ2v) is 13.9. The van der Waals surface area contributed by atoms with Gasteiger partial charge in [0, 0.05) is 19.4 Å². The highest BCUT2D eigenvalue weighted by molar-refractivity contribution is 7.47. The molecule has 2 atom stereocenters. The van der Waals surface area contributed by atoms with Gasteiger partial charge < -0.3 is 20.1 Å². The Morgan fingerprint density at radius 1 is 0.608 bits per heavy atom. The zero-order chi connectivity index (χ0) is 37.5. The number of rotatable bonds is 35. The summed E-state index contributed by atoms with van der Waals surface area (Å²) in [5.74, 6) is -0.916. The molecule has 0 saturated carbocycles. The van der Waals surface area contributed by atoms with Crippen molar-refractivity contribution in [3.8, 4) is 0 Å². The van der Waals surface area contributed by atoms with Crippen molar-refractivity contribution in [2.75, 3.05) is 26.4 Å². The molecule has 2 unspecified atom stereocenters. The van der Waals surface area contributed by atoms with Crippen LogP contribution in [0.1, 0.15) is 142 Å². The Morgan fingerprint density at radius 3 is 1.69 bits per heavy atom. The fraction of sp³-hybridized carbons (Fsp3) is 0.659. The summed E-state index contributed by atoms with van der Waals surface area (Å²) in [6.45, 7) is 3.49. The van der Waals surface area contributed by atoms with Gasteiger partial charge in [-0.3, -0.25) is 18.6 Å². The second kappa shape index (κ2) is 37.2. The Morgan fingerprint density at radius 2 is 1.10 bits per heavy atom. The van der Waals surface area contributed by atoms with Gasteiger partial charge in [0.2, 0.25) is 0 Å². The maximum atomic E-state index is 12.5. The molecule has 292 valence electrons. The molecule has 0 bridgehead atoms. The number of allylic oxidation sites excluding steroid dienone is 12. The lowest BCUT2D eigenvalue weighted by atomic mass is 10.1. The highest BCUT2D eigenvalue weighted by atomic mass is 31.2. The first-order valence-corrected chi connectivity index (χ1v) is 20.9. The number of phosphoric acid groups is 1. The van der Waals surface area contributed by atoms with Crippen LogP contribution in [0.15, 0.2) is 72.9 Å². The van der Waals surface area contributed by atoms with Crippen LogP contribution in [0.4, 0.5) is 0 Å². The second-order valence-electron chi connectivity index (χ2n) is 12.4. The van der Waals surface area contributed by atoms with Crippen LogP contribution in [0.5, 0.6) is 0 Å². The molecule has 0 radical (unpaired) electrons. The number of carbonyl (C=O) groups is 2. The van der Waals surface area contributed by atoms with E-state index in [1.165, 1.54) is 32.1 Å². The highest BCUT2D eigenvalue weighted by Crippen LogP contribution is 2.43. The SMILES string of the molecule is CC/C=C\C/C=C\C/C=C\C/C=C\C/C=C\CCCC(=O)OC(COC(=O)CCCCCCC/C=C\CCCCCC)COP(=O)(O)OCCN. The minimum absolute atomic E-state index is 0.0397. The first kappa shape index (κ1) is 48.5. The van der Waals surface area contributed by atoms with E-state index in [-0.39, 0.29) is 32.6 Å². The average Bonchev–Trinajstić information content (AvgIpc) is 3.11. The van der Waals surface area contributed by atoms with Crippen LogP contribution in [0.2, 0.25) is 0 Å². The molecule has 0 aromatic carbocycles. The first-order valence-electron chi connectivity index (χ1n) is 19.4. The van der Waals surface area contributed by atoms with Gasteiger partial charge in [0.05, 0.1) is 13.2 Å².